The minimum Gasteiger partial charge on any atom is -0.348 e. The fourth-order valence-corrected chi connectivity index (χ4v) is 3.30. The Morgan fingerprint density at radius 2 is 1.56 bits per heavy atom. The average Bonchev–Trinajstić information content (AvgIpc) is 3.08. The van der Waals surface area contributed by atoms with Crippen molar-refractivity contribution in [2.24, 2.45) is 0 Å². The zero-order valence-corrected chi connectivity index (χ0v) is 15.2. The van der Waals surface area contributed by atoms with Gasteiger partial charge in [0.05, 0.1) is 17.1 Å². The van der Waals surface area contributed by atoms with Crippen LogP contribution in [0.5, 0.6) is 0 Å². The van der Waals surface area contributed by atoms with E-state index < -0.39 is 0 Å². The lowest BCUT2D eigenvalue weighted by atomic mass is 10.1. The topological polar surface area (TPSA) is 46.9 Å². The largest absolute Gasteiger partial charge is 0.348 e. The summed E-state index contributed by atoms with van der Waals surface area (Å²) in [6.45, 7) is 2.22. The first-order chi connectivity index (χ1) is 13.2. The van der Waals surface area contributed by atoms with Gasteiger partial charge in [-0.3, -0.25) is 4.79 Å². The van der Waals surface area contributed by atoms with Crippen molar-refractivity contribution < 1.29 is 4.79 Å². The van der Waals surface area contributed by atoms with Crippen LogP contribution in [-0.4, -0.2) is 15.5 Å². The second-order valence-corrected chi connectivity index (χ2v) is 6.58. The monoisotopic (exact) mass is 355 g/mol. The number of carbonyl (C=O) groups is 1. The highest BCUT2D eigenvalue weighted by atomic mass is 16.2. The molecule has 3 aromatic carbocycles. The highest BCUT2D eigenvalue weighted by molar-refractivity contribution is 5.84. The summed E-state index contributed by atoms with van der Waals surface area (Å²) in [5, 5.41) is 3.09. The molecule has 27 heavy (non-hydrogen) atoms. The van der Waals surface area contributed by atoms with Gasteiger partial charge in [0.1, 0.15) is 12.4 Å². The average molecular weight is 355 g/mol. The van der Waals surface area contributed by atoms with Crippen LogP contribution >= 0.6 is 0 Å². The van der Waals surface area contributed by atoms with Crippen molar-refractivity contribution in [1.82, 2.24) is 14.9 Å². The van der Waals surface area contributed by atoms with Gasteiger partial charge >= 0.3 is 0 Å². The Hall–Kier alpha value is -3.40. The van der Waals surface area contributed by atoms with E-state index in [1.165, 1.54) is 0 Å². The third-order valence-corrected chi connectivity index (χ3v) is 4.67. The molecule has 4 aromatic rings. The Morgan fingerprint density at radius 1 is 0.926 bits per heavy atom. The van der Waals surface area contributed by atoms with Crippen molar-refractivity contribution >= 4 is 16.9 Å². The number of hydrogen-bond acceptors (Lipinski definition) is 2. The maximum atomic E-state index is 12.8. The number of imidazole rings is 1. The van der Waals surface area contributed by atoms with Crippen LogP contribution in [0.15, 0.2) is 84.9 Å². The van der Waals surface area contributed by atoms with Gasteiger partial charge in [-0.1, -0.05) is 72.8 Å². The second-order valence-electron chi connectivity index (χ2n) is 6.58. The quantitative estimate of drug-likeness (QED) is 0.569. The molecule has 0 bridgehead atoms. The van der Waals surface area contributed by atoms with Crippen molar-refractivity contribution in [1.29, 1.82) is 0 Å². The van der Waals surface area contributed by atoms with Gasteiger partial charge in [0.15, 0.2) is 0 Å². The number of rotatable bonds is 5. The molecule has 0 spiro atoms. The summed E-state index contributed by atoms with van der Waals surface area (Å²) in [6, 6.07) is 27.8. The number of para-hydroxylation sites is 2. The number of amides is 1. The van der Waals surface area contributed by atoms with Gasteiger partial charge in [-0.25, -0.2) is 4.98 Å². The zero-order chi connectivity index (χ0) is 18.6. The number of benzene rings is 3. The van der Waals surface area contributed by atoms with E-state index in [-0.39, 0.29) is 18.5 Å². The molecular weight excluding hydrogens is 334 g/mol. The van der Waals surface area contributed by atoms with E-state index in [9.17, 15) is 4.79 Å². The molecule has 0 saturated heterocycles. The number of aromatic nitrogens is 2. The molecule has 134 valence electrons. The third-order valence-electron chi connectivity index (χ3n) is 4.67. The fraction of sp³-hybridized carbons (Fsp3) is 0.130. The predicted octanol–water partition coefficient (Wildman–Crippen LogP) is 4.58. The first kappa shape index (κ1) is 17.0. The van der Waals surface area contributed by atoms with Crippen LogP contribution in [0.2, 0.25) is 0 Å². The maximum absolute atomic E-state index is 12.8. The molecule has 0 aliphatic heterocycles. The molecule has 4 rings (SSSR count). The first-order valence-corrected chi connectivity index (χ1v) is 9.07. The molecule has 0 saturated carbocycles. The van der Waals surface area contributed by atoms with Crippen LogP contribution in [0.25, 0.3) is 22.4 Å². The zero-order valence-electron chi connectivity index (χ0n) is 15.2. The summed E-state index contributed by atoms with van der Waals surface area (Å²) in [6.07, 6.45) is 0. The van der Waals surface area contributed by atoms with Gasteiger partial charge in [0.2, 0.25) is 5.91 Å². The number of nitrogens with zero attached hydrogens (tertiary/aromatic N) is 2. The van der Waals surface area contributed by atoms with E-state index in [1.807, 2.05) is 96.4 Å². The molecule has 4 heteroatoms. The molecule has 0 fully saturated rings. The maximum Gasteiger partial charge on any atom is 0.240 e. The summed E-state index contributed by atoms with van der Waals surface area (Å²) in [7, 11) is 0. The van der Waals surface area contributed by atoms with Gasteiger partial charge < -0.3 is 9.88 Å². The molecule has 4 nitrogen and oxygen atoms in total. The molecule has 1 N–H and O–H groups in total. The Bertz CT molecular complexity index is 1050. The van der Waals surface area contributed by atoms with Gasteiger partial charge in [-0.15, -0.1) is 0 Å². The summed E-state index contributed by atoms with van der Waals surface area (Å²) in [5.74, 6) is 0.769. The van der Waals surface area contributed by atoms with Crippen LogP contribution in [0.1, 0.15) is 18.5 Å². The van der Waals surface area contributed by atoms with Crippen LogP contribution in [0.3, 0.4) is 0 Å². The standard InChI is InChI=1S/C23H21N3O/c1-17(18-10-4-2-5-11-18)24-22(27)16-26-21-15-9-8-14-20(21)25-23(26)19-12-6-3-7-13-19/h2-15,17H,16H2,1H3,(H,24,27). The molecule has 1 heterocycles. The van der Waals surface area contributed by atoms with Crippen LogP contribution < -0.4 is 5.32 Å². The molecule has 1 atom stereocenters. The van der Waals surface area contributed by atoms with E-state index in [0.29, 0.717) is 0 Å². The van der Waals surface area contributed by atoms with E-state index in [2.05, 4.69) is 5.32 Å². The summed E-state index contributed by atoms with van der Waals surface area (Å²) < 4.78 is 1.98. The molecule has 1 aromatic heterocycles. The van der Waals surface area contributed by atoms with Gasteiger partial charge in [-0.05, 0) is 24.6 Å². The Morgan fingerprint density at radius 3 is 2.30 bits per heavy atom. The molecule has 1 unspecified atom stereocenters. The van der Waals surface area contributed by atoms with Crippen LogP contribution in [0.4, 0.5) is 0 Å². The number of fused-ring (bicyclic) bond motifs is 1. The lowest BCUT2D eigenvalue weighted by Gasteiger charge is -2.16. The van der Waals surface area contributed by atoms with Crippen LogP contribution in [0, 0.1) is 0 Å². The van der Waals surface area contributed by atoms with Crippen molar-refractivity contribution in [3.63, 3.8) is 0 Å². The minimum atomic E-state index is -0.0475. The second kappa shape index (κ2) is 7.46. The van der Waals surface area contributed by atoms with Crippen molar-refractivity contribution in [2.75, 3.05) is 0 Å². The predicted molar refractivity (Wildman–Crippen MR) is 108 cm³/mol. The molecule has 0 aliphatic rings. The summed E-state index contributed by atoms with van der Waals surface area (Å²) in [4.78, 5) is 17.5. The van der Waals surface area contributed by atoms with Crippen LogP contribution in [-0.2, 0) is 11.3 Å². The lowest BCUT2D eigenvalue weighted by Crippen LogP contribution is -2.30. The summed E-state index contributed by atoms with van der Waals surface area (Å²) >= 11 is 0. The number of carbonyl (C=O) groups excluding carboxylic acids is 1. The third kappa shape index (κ3) is 3.60. The van der Waals surface area contributed by atoms with Gasteiger partial charge in [0.25, 0.3) is 0 Å². The molecular formula is C23H21N3O. The SMILES string of the molecule is CC(NC(=O)Cn1c(-c2ccccc2)nc2ccccc21)c1ccccc1. The van der Waals surface area contributed by atoms with Crippen molar-refractivity contribution in [3.8, 4) is 11.4 Å². The lowest BCUT2D eigenvalue weighted by molar-refractivity contribution is -0.122. The fourth-order valence-electron chi connectivity index (χ4n) is 3.30. The van der Waals surface area contributed by atoms with E-state index in [0.717, 1.165) is 28.0 Å². The number of hydrogen-bond donors (Lipinski definition) is 1. The van der Waals surface area contributed by atoms with E-state index >= 15 is 0 Å². The first-order valence-electron chi connectivity index (χ1n) is 9.07. The van der Waals surface area contributed by atoms with E-state index in [1.54, 1.807) is 0 Å². The minimum absolute atomic E-state index is 0.0355. The highest BCUT2D eigenvalue weighted by Crippen LogP contribution is 2.24. The molecule has 1 amide bonds. The van der Waals surface area contributed by atoms with Crippen molar-refractivity contribution in [3.05, 3.63) is 90.5 Å². The van der Waals surface area contributed by atoms with Gasteiger partial charge in [0, 0.05) is 5.56 Å². The smallest absolute Gasteiger partial charge is 0.240 e. The summed E-state index contributed by atoms with van der Waals surface area (Å²) in [5.41, 5.74) is 3.93. The number of nitrogens with one attached hydrogen (secondary N) is 1. The van der Waals surface area contributed by atoms with Crippen molar-refractivity contribution in [2.45, 2.75) is 19.5 Å². The van der Waals surface area contributed by atoms with E-state index in [4.69, 9.17) is 4.98 Å². The Labute approximate surface area is 158 Å². The van der Waals surface area contributed by atoms with Gasteiger partial charge in [-0.2, -0.15) is 0 Å². The Kier molecular flexibility index (Phi) is 4.71. The highest BCUT2D eigenvalue weighted by Gasteiger charge is 2.16. The molecule has 0 aliphatic carbocycles. The Balaban J connectivity index is 1.64. The normalized spacial score (nSPS) is 12.0. The molecule has 0 radical (unpaired) electrons.